The second kappa shape index (κ2) is 5.59. The van der Waals surface area contributed by atoms with Gasteiger partial charge in [0.25, 0.3) is 0 Å². The van der Waals surface area contributed by atoms with Gasteiger partial charge in [-0.25, -0.2) is 9.97 Å². The summed E-state index contributed by atoms with van der Waals surface area (Å²) >= 11 is 1.64. The molecule has 2 heterocycles. The highest BCUT2D eigenvalue weighted by Gasteiger charge is 2.19. The SMILES string of the molecule is Cc1cccc([C@@H](Cc2cscn2)c2cnc[nH]2)c1C. The van der Waals surface area contributed by atoms with E-state index in [1.54, 1.807) is 17.7 Å². The summed E-state index contributed by atoms with van der Waals surface area (Å²) in [6.07, 6.45) is 4.56. The van der Waals surface area contributed by atoms with Gasteiger partial charge in [0.1, 0.15) is 0 Å². The highest BCUT2D eigenvalue weighted by molar-refractivity contribution is 7.07. The predicted molar refractivity (Wildman–Crippen MR) is 82.2 cm³/mol. The van der Waals surface area contributed by atoms with Gasteiger partial charge in [-0.3, -0.25) is 0 Å². The molecular formula is C16H17N3S. The Morgan fingerprint density at radius 3 is 2.90 bits per heavy atom. The zero-order valence-corrected chi connectivity index (χ0v) is 12.4. The van der Waals surface area contributed by atoms with Gasteiger partial charge in [-0.15, -0.1) is 11.3 Å². The fraction of sp³-hybridized carbons (Fsp3) is 0.250. The Kier molecular flexibility index (Phi) is 3.65. The largest absolute Gasteiger partial charge is 0.348 e. The third kappa shape index (κ3) is 2.51. The molecule has 0 aliphatic rings. The van der Waals surface area contributed by atoms with Gasteiger partial charge in [0, 0.05) is 29.6 Å². The summed E-state index contributed by atoms with van der Waals surface area (Å²) in [4.78, 5) is 11.9. The molecule has 102 valence electrons. The van der Waals surface area contributed by atoms with Gasteiger partial charge in [0.15, 0.2) is 0 Å². The first-order chi connectivity index (χ1) is 9.75. The van der Waals surface area contributed by atoms with Crippen molar-refractivity contribution in [2.24, 2.45) is 0 Å². The molecule has 0 spiro atoms. The molecule has 0 aliphatic carbocycles. The van der Waals surface area contributed by atoms with Crippen molar-refractivity contribution < 1.29 is 0 Å². The number of hydrogen-bond donors (Lipinski definition) is 1. The first kappa shape index (κ1) is 13.1. The molecule has 0 saturated carbocycles. The Hall–Kier alpha value is -1.94. The molecule has 3 nitrogen and oxygen atoms in total. The molecule has 3 aromatic rings. The van der Waals surface area contributed by atoms with Crippen molar-refractivity contribution in [1.82, 2.24) is 15.0 Å². The fourth-order valence-electron chi connectivity index (χ4n) is 2.54. The van der Waals surface area contributed by atoms with E-state index in [1.807, 2.05) is 11.7 Å². The molecule has 2 aromatic heterocycles. The van der Waals surface area contributed by atoms with Crippen molar-refractivity contribution in [2.45, 2.75) is 26.2 Å². The predicted octanol–water partition coefficient (Wildman–Crippen LogP) is 3.86. The van der Waals surface area contributed by atoms with Gasteiger partial charge in [-0.1, -0.05) is 18.2 Å². The molecule has 0 saturated heterocycles. The summed E-state index contributed by atoms with van der Waals surface area (Å²) in [6, 6.07) is 6.49. The lowest BCUT2D eigenvalue weighted by molar-refractivity contribution is 0.759. The topological polar surface area (TPSA) is 41.6 Å². The quantitative estimate of drug-likeness (QED) is 0.790. The van der Waals surface area contributed by atoms with Gasteiger partial charge in [-0.2, -0.15) is 0 Å². The monoisotopic (exact) mass is 283 g/mol. The maximum absolute atomic E-state index is 4.43. The number of benzene rings is 1. The van der Waals surface area contributed by atoms with Gasteiger partial charge < -0.3 is 4.98 Å². The van der Waals surface area contributed by atoms with Gasteiger partial charge in [0.2, 0.25) is 0 Å². The number of imidazole rings is 1. The van der Waals surface area contributed by atoms with E-state index < -0.39 is 0 Å². The Morgan fingerprint density at radius 2 is 2.20 bits per heavy atom. The van der Waals surface area contributed by atoms with Crippen LogP contribution in [0.2, 0.25) is 0 Å². The highest BCUT2D eigenvalue weighted by Crippen LogP contribution is 2.30. The minimum Gasteiger partial charge on any atom is -0.348 e. The lowest BCUT2D eigenvalue weighted by Crippen LogP contribution is -2.08. The van der Waals surface area contributed by atoms with Crippen LogP contribution in [0, 0.1) is 13.8 Å². The minimum atomic E-state index is 0.277. The molecule has 1 N–H and O–H groups in total. The van der Waals surface area contributed by atoms with Gasteiger partial charge >= 0.3 is 0 Å². The molecule has 0 bridgehead atoms. The molecule has 1 atom stereocenters. The number of aryl methyl sites for hydroxylation is 1. The Labute approximate surface area is 122 Å². The third-order valence-electron chi connectivity index (χ3n) is 3.81. The van der Waals surface area contributed by atoms with Crippen LogP contribution in [0.1, 0.15) is 34.0 Å². The summed E-state index contributed by atoms with van der Waals surface area (Å²) in [5, 5.41) is 2.12. The van der Waals surface area contributed by atoms with E-state index in [9.17, 15) is 0 Å². The molecule has 0 unspecified atom stereocenters. The van der Waals surface area contributed by atoms with Gasteiger partial charge in [-0.05, 0) is 30.5 Å². The Morgan fingerprint density at radius 1 is 1.30 bits per heavy atom. The van der Waals surface area contributed by atoms with Crippen molar-refractivity contribution >= 4 is 11.3 Å². The maximum atomic E-state index is 4.43. The van der Waals surface area contributed by atoms with Crippen LogP contribution < -0.4 is 0 Å². The Bertz CT molecular complexity index is 672. The molecule has 0 fully saturated rings. The van der Waals surface area contributed by atoms with E-state index in [0.717, 1.165) is 17.8 Å². The summed E-state index contributed by atoms with van der Waals surface area (Å²) in [5.74, 6) is 0.277. The number of nitrogens with zero attached hydrogens (tertiary/aromatic N) is 2. The summed E-state index contributed by atoms with van der Waals surface area (Å²) in [6.45, 7) is 4.35. The Balaban J connectivity index is 2.03. The van der Waals surface area contributed by atoms with Crippen molar-refractivity contribution in [1.29, 1.82) is 0 Å². The van der Waals surface area contributed by atoms with E-state index >= 15 is 0 Å². The summed E-state index contributed by atoms with van der Waals surface area (Å²) < 4.78 is 0. The summed E-state index contributed by atoms with van der Waals surface area (Å²) in [7, 11) is 0. The third-order valence-corrected chi connectivity index (χ3v) is 4.45. The maximum Gasteiger partial charge on any atom is 0.0921 e. The molecular weight excluding hydrogens is 266 g/mol. The molecule has 4 heteroatoms. The van der Waals surface area contributed by atoms with Crippen LogP contribution in [0.3, 0.4) is 0 Å². The molecule has 1 aromatic carbocycles. The van der Waals surface area contributed by atoms with Crippen molar-refractivity contribution in [3.05, 3.63) is 69.7 Å². The van der Waals surface area contributed by atoms with E-state index in [0.29, 0.717) is 0 Å². The standard InChI is InChI=1S/C16H17N3S/c1-11-4-3-5-14(12(11)2)15(16-7-17-9-18-16)6-13-8-20-10-19-13/h3-5,7-10,15H,6H2,1-2H3,(H,17,18)/t15-/m1/s1. The van der Waals surface area contributed by atoms with Crippen LogP contribution in [0.25, 0.3) is 0 Å². The number of hydrogen-bond acceptors (Lipinski definition) is 3. The van der Waals surface area contributed by atoms with Crippen LogP contribution in [-0.2, 0) is 6.42 Å². The fourth-order valence-corrected chi connectivity index (χ4v) is 3.11. The number of thiazole rings is 1. The zero-order valence-electron chi connectivity index (χ0n) is 11.6. The van der Waals surface area contributed by atoms with Gasteiger partial charge in [0.05, 0.1) is 17.5 Å². The number of aromatic nitrogens is 3. The second-order valence-corrected chi connectivity index (χ2v) is 5.75. The smallest absolute Gasteiger partial charge is 0.0921 e. The lowest BCUT2D eigenvalue weighted by atomic mass is 9.87. The van der Waals surface area contributed by atoms with Crippen molar-refractivity contribution in [3.8, 4) is 0 Å². The lowest BCUT2D eigenvalue weighted by Gasteiger charge is -2.18. The normalized spacial score (nSPS) is 12.5. The van der Waals surface area contributed by atoms with E-state index in [1.165, 1.54) is 16.7 Å². The number of aromatic amines is 1. The highest BCUT2D eigenvalue weighted by atomic mass is 32.1. The molecule has 0 radical (unpaired) electrons. The molecule has 0 amide bonds. The van der Waals surface area contributed by atoms with Crippen LogP contribution in [0.4, 0.5) is 0 Å². The van der Waals surface area contributed by atoms with Crippen LogP contribution in [-0.4, -0.2) is 15.0 Å². The first-order valence-corrected chi connectivity index (χ1v) is 7.61. The van der Waals surface area contributed by atoms with E-state index in [-0.39, 0.29) is 5.92 Å². The summed E-state index contributed by atoms with van der Waals surface area (Å²) in [5.41, 5.74) is 8.19. The van der Waals surface area contributed by atoms with E-state index in [2.05, 4.69) is 52.4 Å². The van der Waals surface area contributed by atoms with Crippen molar-refractivity contribution in [3.63, 3.8) is 0 Å². The number of H-pyrrole nitrogens is 1. The van der Waals surface area contributed by atoms with Crippen LogP contribution >= 0.6 is 11.3 Å². The zero-order chi connectivity index (χ0) is 13.9. The second-order valence-electron chi connectivity index (χ2n) is 5.03. The molecule has 20 heavy (non-hydrogen) atoms. The van der Waals surface area contributed by atoms with E-state index in [4.69, 9.17) is 0 Å². The minimum absolute atomic E-state index is 0.277. The number of nitrogens with one attached hydrogen (secondary N) is 1. The first-order valence-electron chi connectivity index (χ1n) is 6.67. The average molecular weight is 283 g/mol. The average Bonchev–Trinajstić information content (AvgIpc) is 3.11. The molecule has 3 rings (SSSR count). The van der Waals surface area contributed by atoms with Crippen molar-refractivity contribution in [2.75, 3.05) is 0 Å². The van der Waals surface area contributed by atoms with Crippen LogP contribution in [0.5, 0.6) is 0 Å². The van der Waals surface area contributed by atoms with Crippen LogP contribution in [0.15, 0.2) is 41.6 Å². The number of rotatable bonds is 4. The molecule has 0 aliphatic heterocycles.